The lowest BCUT2D eigenvalue weighted by atomic mass is 10.1. The van der Waals surface area contributed by atoms with E-state index in [4.69, 9.17) is 0 Å². The number of fused-ring (bicyclic) bond motifs is 1. The van der Waals surface area contributed by atoms with Gasteiger partial charge >= 0.3 is 0 Å². The first-order chi connectivity index (χ1) is 7.84. The van der Waals surface area contributed by atoms with Crippen LogP contribution in [0.2, 0.25) is 0 Å². The number of aliphatic hydroxyl groups is 1. The van der Waals surface area contributed by atoms with Crippen LogP contribution in [0, 0.1) is 0 Å². The maximum absolute atomic E-state index is 9.80. The Morgan fingerprint density at radius 3 is 2.81 bits per heavy atom. The van der Waals surface area contributed by atoms with E-state index in [1.54, 1.807) is 0 Å². The van der Waals surface area contributed by atoms with E-state index in [2.05, 4.69) is 10.1 Å². The lowest BCUT2D eigenvalue weighted by Gasteiger charge is -2.16. The molecule has 0 saturated carbocycles. The van der Waals surface area contributed by atoms with Crippen LogP contribution >= 0.6 is 0 Å². The van der Waals surface area contributed by atoms with Gasteiger partial charge in [0.25, 0.3) is 0 Å². The lowest BCUT2D eigenvalue weighted by molar-refractivity contribution is 0.130. The Labute approximate surface area is 93.6 Å². The second-order valence-corrected chi connectivity index (χ2v) is 4.04. The van der Waals surface area contributed by atoms with Crippen molar-refractivity contribution < 1.29 is 5.11 Å². The summed E-state index contributed by atoms with van der Waals surface area (Å²) in [6, 6.07) is 9.85. The Balaban J connectivity index is 2.05. The van der Waals surface area contributed by atoms with Gasteiger partial charge in [-0.3, -0.25) is 0 Å². The summed E-state index contributed by atoms with van der Waals surface area (Å²) in [6.45, 7) is 0.853. The minimum atomic E-state index is -0.460. The number of aryl methyl sites for hydroxylation is 1. The molecule has 4 heteroatoms. The Hall–Kier alpha value is -1.68. The molecule has 2 aromatic rings. The second kappa shape index (κ2) is 3.72. The molecule has 0 aliphatic carbocycles. The molecule has 0 saturated heterocycles. The highest BCUT2D eigenvalue weighted by atomic mass is 16.3. The molecule has 0 spiro atoms. The van der Waals surface area contributed by atoms with Crippen LogP contribution in [-0.2, 0) is 6.54 Å². The van der Waals surface area contributed by atoms with E-state index in [-0.39, 0.29) is 0 Å². The Kier molecular flexibility index (Phi) is 2.22. The van der Waals surface area contributed by atoms with E-state index in [1.165, 1.54) is 0 Å². The highest BCUT2D eigenvalue weighted by Gasteiger charge is 2.22. The van der Waals surface area contributed by atoms with Gasteiger partial charge in [0.2, 0.25) is 0 Å². The van der Waals surface area contributed by atoms with Crippen molar-refractivity contribution in [2.75, 3.05) is 0 Å². The van der Waals surface area contributed by atoms with E-state index in [0.717, 1.165) is 24.9 Å². The fraction of sp³-hybridized carbons (Fsp3) is 0.333. The summed E-state index contributed by atoms with van der Waals surface area (Å²) in [5, 5.41) is 14.2. The molecule has 0 radical (unpaired) electrons. The maximum Gasteiger partial charge on any atom is 0.181 e. The first-order valence-electron chi connectivity index (χ1n) is 5.53. The first kappa shape index (κ1) is 9.54. The van der Waals surface area contributed by atoms with E-state index in [0.29, 0.717) is 11.6 Å². The average Bonchev–Trinajstić information content (AvgIpc) is 2.76. The largest absolute Gasteiger partial charge is 0.385 e. The first-order valence-corrected chi connectivity index (χ1v) is 5.53. The molecule has 82 valence electrons. The zero-order valence-electron chi connectivity index (χ0n) is 8.87. The zero-order chi connectivity index (χ0) is 11.0. The third-order valence-corrected chi connectivity index (χ3v) is 2.88. The summed E-state index contributed by atoms with van der Waals surface area (Å²) in [5.74, 6) is 1.40. The van der Waals surface area contributed by atoms with Gasteiger partial charge in [-0.25, -0.2) is 9.67 Å². The quantitative estimate of drug-likeness (QED) is 0.788. The minimum Gasteiger partial charge on any atom is -0.385 e. The molecule has 0 fully saturated rings. The fourth-order valence-electron chi connectivity index (χ4n) is 2.04. The van der Waals surface area contributed by atoms with Crippen molar-refractivity contribution >= 4 is 0 Å². The smallest absolute Gasteiger partial charge is 0.181 e. The van der Waals surface area contributed by atoms with Crippen LogP contribution in [0.4, 0.5) is 0 Å². The molecule has 4 nitrogen and oxygen atoms in total. The summed E-state index contributed by atoms with van der Waals surface area (Å²) < 4.78 is 1.82. The van der Waals surface area contributed by atoms with E-state index >= 15 is 0 Å². The van der Waals surface area contributed by atoms with Crippen LogP contribution in [-0.4, -0.2) is 19.9 Å². The van der Waals surface area contributed by atoms with Gasteiger partial charge in [0.15, 0.2) is 11.6 Å². The summed E-state index contributed by atoms with van der Waals surface area (Å²) in [6.07, 6.45) is 1.29. The molecule has 1 atom stereocenters. The zero-order valence-corrected chi connectivity index (χ0v) is 8.87. The molecule has 2 heterocycles. The molecule has 1 aromatic carbocycles. The molecule has 16 heavy (non-hydrogen) atoms. The van der Waals surface area contributed by atoms with Crippen LogP contribution in [0.25, 0.3) is 11.4 Å². The van der Waals surface area contributed by atoms with Crippen molar-refractivity contribution in [1.82, 2.24) is 14.8 Å². The Bertz CT molecular complexity index is 492. The summed E-state index contributed by atoms with van der Waals surface area (Å²) >= 11 is 0. The number of hydrogen-bond acceptors (Lipinski definition) is 3. The highest BCUT2D eigenvalue weighted by Crippen LogP contribution is 2.25. The fourth-order valence-corrected chi connectivity index (χ4v) is 2.04. The molecule has 1 aliphatic heterocycles. The van der Waals surface area contributed by atoms with E-state index in [9.17, 15) is 5.11 Å². The van der Waals surface area contributed by atoms with E-state index in [1.807, 2.05) is 35.0 Å². The molecular weight excluding hydrogens is 202 g/mol. The predicted octanol–water partition coefficient (Wildman–Crippen LogP) is 1.77. The van der Waals surface area contributed by atoms with Gasteiger partial charge in [-0.2, -0.15) is 5.10 Å². The third-order valence-electron chi connectivity index (χ3n) is 2.88. The minimum absolute atomic E-state index is 0.460. The van der Waals surface area contributed by atoms with Crippen molar-refractivity contribution in [2.24, 2.45) is 0 Å². The van der Waals surface area contributed by atoms with Gasteiger partial charge in [0.05, 0.1) is 0 Å². The summed E-state index contributed by atoms with van der Waals surface area (Å²) in [4.78, 5) is 4.40. The SMILES string of the molecule is OC1CCCn2nc(-c3ccccc3)nc21. The average molecular weight is 215 g/mol. The Morgan fingerprint density at radius 2 is 2.06 bits per heavy atom. The van der Waals surface area contributed by atoms with Crippen molar-refractivity contribution in [1.29, 1.82) is 0 Å². The van der Waals surface area contributed by atoms with Gasteiger partial charge in [0, 0.05) is 12.1 Å². The van der Waals surface area contributed by atoms with Crippen LogP contribution < -0.4 is 0 Å². The molecule has 1 aliphatic rings. The van der Waals surface area contributed by atoms with Crippen molar-refractivity contribution in [3.05, 3.63) is 36.2 Å². The second-order valence-electron chi connectivity index (χ2n) is 4.04. The number of nitrogens with zero attached hydrogens (tertiary/aromatic N) is 3. The summed E-state index contributed by atoms with van der Waals surface area (Å²) in [7, 11) is 0. The van der Waals surface area contributed by atoms with Crippen LogP contribution in [0.5, 0.6) is 0 Å². The monoisotopic (exact) mass is 215 g/mol. The molecule has 1 N–H and O–H groups in total. The van der Waals surface area contributed by atoms with Gasteiger partial charge in [-0.1, -0.05) is 30.3 Å². The molecule has 0 bridgehead atoms. The lowest BCUT2D eigenvalue weighted by Crippen LogP contribution is -2.16. The topological polar surface area (TPSA) is 50.9 Å². The van der Waals surface area contributed by atoms with Crippen LogP contribution in [0.3, 0.4) is 0 Å². The molecule has 1 aromatic heterocycles. The van der Waals surface area contributed by atoms with E-state index < -0.39 is 6.10 Å². The number of aromatic nitrogens is 3. The molecular formula is C12H13N3O. The van der Waals surface area contributed by atoms with Crippen molar-refractivity contribution in [2.45, 2.75) is 25.5 Å². The van der Waals surface area contributed by atoms with Crippen LogP contribution in [0.15, 0.2) is 30.3 Å². The number of rotatable bonds is 1. The molecule has 3 rings (SSSR count). The summed E-state index contributed by atoms with van der Waals surface area (Å²) in [5.41, 5.74) is 0.997. The maximum atomic E-state index is 9.80. The molecule has 0 amide bonds. The number of benzene rings is 1. The van der Waals surface area contributed by atoms with Crippen molar-refractivity contribution in [3.8, 4) is 11.4 Å². The Morgan fingerprint density at radius 1 is 1.25 bits per heavy atom. The van der Waals surface area contributed by atoms with Crippen LogP contribution in [0.1, 0.15) is 24.8 Å². The van der Waals surface area contributed by atoms with Gasteiger partial charge in [-0.05, 0) is 12.8 Å². The normalized spacial score (nSPS) is 19.4. The standard InChI is InChI=1S/C12H13N3O/c16-10-7-4-8-15-12(10)13-11(14-15)9-5-2-1-3-6-9/h1-3,5-6,10,16H,4,7-8H2. The third kappa shape index (κ3) is 1.51. The van der Waals surface area contributed by atoms with Crippen molar-refractivity contribution in [3.63, 3.8) is 0 Å². The number of aliphatic hydroxyl groups excluding tert-OH is 1. The highest BCUT2D eigenvalue weighted by molar-refractivity contribution is 5.54. The van der Waals surface area contributed by atoms with Gasteiger partial charge < -0.3 is 5.11 Å². The van der Waals surface area contributed by atoms with Gasteiger partial charge in [-0.15, -0.1) is 0 Å². The molecule has 1 unspecified atom stereocenters. The number of hydrogen-bond donors (Lipinski definition) is 1. The predicted molar refractivity (Wildman–Crippen MR) is 59.7 cm³/mol. The van der Waals surface area contributed by atoms with Gasteiger partial charge in [0.1, 0.15) is 6.10 Å².